The van der Waals surface area contributed by atoms with Crippen molar-refractivity contribution < 1.29 is 4.68 Å². The summed E-state index contributed by atoms with van der Waals surface area (Å²) in [5, 5.41) is 4.74. The van der Waals surface area contributed by atoms with Gasteiger partial charge in [0.2, 0.25) is 5.69 Å². The molecular formula is C20H29N2+. The van der Waals surface area contributed by atoms with Gasteiger partial charge in [-0.2, -0.15) is 0 Å². The van der Waals surface area contributed by atoms with Crippen molar-refractivity contribution >= 4 is 0 Å². The molecule has 2 nitrogen and oxygen atoms in total. The Morgan fingerprint density at radius 1 is 0.727 bits per heavy atom. The van der Waals surface area contributed by atoms with Crippen LogP contribution in [0.4, 0.5) is 0 Å². The van der Waals surface area contributed by atoms with Crippen LogP contribution in [-0.2, 0) is 13.5 Å². The van der Waals surface area contributed by atoms with Crippen LogP contribution in [0.25, 0.3) is 11.3 Å². The molecule has 2 aromatic rings. The number of aryl methyl sites for hydroxylation is 2. The maximum Gasteiger partial charge on any atom is 0.242 e. The molecule has 0 spiro atoms. The molecule has 1 heterocycles. The maximum absolute atomic E-state index is 4.74. The van der Waals surface area contributed by atoms with Crippen molar-refractivity contribution in [2.24, 2.45) is 7.05 Å². The Hall–Kier alpha value is -1.70. The zero-order valence-corrected chi connectivity index (χ0v) is 15.6. The Morgan fingerprint density at radius 2 is 1.18 bits per heavy atom. The highest BCUT2D eigenvalue weighted by Crippen LogP contribution is 2.35. The van der Waals surface area contributed by atoms with Crippen LogP contribution < -0.4 is 4.68 Å². The van der Waals surface area contributed by atoms with E-state index in [2.05, 4.69) is 67.1 Å². The third kappa shape index (κ3) is 2.35. The van der Waals surface area contributed by atoms with Crippen molar-refractivity contribution in [2.45, 2.75) is 61.8 Å². The van der Waals surface area contributed by atoms with Crippen LogP contribution in [0.1, 0.15) is 51.6 Å². The Balaban J connectivity index is 2.99. The van der Waals surface area contributed by atoms with Crippen molar-refractivity contribution in [3.05, 3.63) is 44.6 Å². The maximum atomic E-state index is 4.74. The SMILES string of the molecule is CCc1c(C)c(C)n[n+](C)c1-c1c(C)c(C)c(C)c(C)c1C. The Bertz CT molecular complexity index is 726. The summed E-state index contributed by atoms with van der Waals surface area (Å²) in [6, 6.07) is 0. The number of rotatable bonds is 2. The molecule has 2 heteroatoms. The molecule has 0 saturated carbocycles. The van der Waals surface area contributed by atoms with Crippen LogP contribution in [0.2, 0.25) is 0 Å². The van der Waals surface area contributed by atoms with Crippen LogP contribution in [0.5, 0.6) is 0 Å². The van der Waals surface area contributed by atoms with Gasteiger partial charge >= 0.3 is 0 Å². The van der Waals surface area contributed by atoms with Crippen molar-refractivity contribution in [1.82, 2.24) is 5.10 Å². The van der Waals surface area contributed by atoms with E-state index in [9.17, 15) is 0 Å². The molecule has 2 rings (SSSR count). The predicted octanol–water partition coefficient (Wildman–Crippen LogP) is 4.29. The van der Waals surface area contributed by atoms with Crippen LogP contribution >= 0.6 is 0 Å². The molecule has 0 atom stereocenters. The van der Waals surface area contributed by atoms with Gasteiger partial charge in [0, 0.05) is 5.56 Å². The molecule has 0 aliphatic heterocycles. The van der Waals surface area contributed by atoms with Crippen molar-refractivity contribution in [2.75, 3.05) is 0 Å². The summed E-state index contributed by atoms with van der Waals surface area (Å²) >= 11 is 0. The van der Waals surface area contributed by atoms with Gasteiger partial charge in [-0.15, -0.1) is 0 Å². The van der Waals surface area contributed by atoms with Gasteiger partial charge in [0.1, 0.15) is 5.69 Å². The predicted molar refractivity (Wildman–Crippen MR) is 93.4 cm³/mol. The molecule has 0 aliphatic carbocycles. The van der Waals surface area contributed by atoms with Crippen molar-refractivity contribution in [3.8, 4) is 11.3 Å². The number of nitrogens with zero attached hydrogens (tertiary/aromatic N) is 2. The minimum Gasteiger partial charge on any atom is -0.0859 e. The van der Waals surface area contributed by atoms with Crippen molar-refractivity contribution in [1.29, 1.82) is 0 Å². The number of hydrogen-bond donors (Lipinski definition) is 0. The lowest BCUT2D eigenvalue weighted by molar-refractivity contribution is -0.721. The van der Waals surface area contributed by atoms with E-state index in [1.807, 2.05) is 0 Å². The lowest BCUT2D eigenvalue weighted by Crippen LogP contribution is -2.38. The van der Waals surface area contributed by atoms with Crippen molar-refractivity contribution in [3.63, 3.8) is 0 Å². The summed E-state index contributed by atoms with van der Waals surface area (Å²) in [6.45, 7) is 17.7. The summed E-state index contributed by atoms with van der Waals surface area (Å²) in [7, 11) is 2.07. The number of benzene rings is 1. The first-order valence-corrected chi connectivity index (χ1v) is 8.16. The molecule has 1 aromatic carbocycles. The quantitative estimate of drug-likeness (QED) is 0.755. The molecule has 0 fully saturated rings. The van der Waals surface area contributed by atoms with Crippen LogP contribution in [-0.4, -0.2) is 5.10 Å². The van der Waals surface area contributed by atoms with E-state index in [1.54, 1.807) is 0 Å². The molecule has 0 unspecified atom stereocenters. The normalized spacial score (nSPS) is 11.1. The van der Waals surface area contributed by atoms with E-state index in [1.165, 1.54) is 50.2 Å². The third-order valence-corrected chi connectivity index (χ3v) is 5.50. The van der Waals surface area contributed by atoms with E-state index >= 15 is 0 Å². The van der Waals surface area contributed by atoms with Crippen LogP contribution in [0, 0.1) is 48.5 Å². The molecule has 1 aromatic heterocycles. The first kappa shape index (κ1) is 16.7. The van der Waals surface area contributed by atoms with E-state index in [4.69, 9.17) is 5.10 Å². The molecule has 0 radical (unpaired) electrons. The molecule has 0 aliphatic rings. The van der Waals surface area contributed by atoms with Gasteiger partial charge in [-0.05, 0) is 93.4 Å². The minimum atomic E-state index is 1.03. The molecule has 118 valence electrons. The van der Waals surface area contributed by atoms with Gasteiger partial charge in [0.15, 0.2) is 7.05 Å². The first-order chi connectivity index (χ1) is 10.2. The molecule has 0 saturated heterocycles. The Morgan fingerprint density at radius 3 is 1.64 bits per heavy atom. The first-order valence-electron chi connectivity index (χ1n) is 8.16. The highest BCUT2D eigenvalue weighted by atomic mass is 15.3. The minimum absolute atomic E-state index is 1.03. The molecule has 0 bridgehead atoms. The second-order valence-electron chi connectivity index (χ2n) is 6.51. The standard InChI is InChI=1S/C20H29N2/c1-10-18-16(7)17(8)21-22(9)20(18)19-14(5)12(3)11(2)13(4)15(19)6/h10H2,1-9H3/q+1. The van der Waals surface area contributed by atoms with E-state index in [-0.39, 0.29) is 0 Å². The summed E-state index contributed by atoms with van der Waals surface area (Å²) < 4.78 is 2.07. The second kappa shape index (κ2) is 5.83. The van der Waals surface area contributed by atoms with Gasteiger partial charge in [-0.1, -0.05) is 11.6 Å². The summed E-state index contributed by atoms with van der Waals surface area (Å²) in [6.07, 6.45) is 1.03. The Kier molecular flexibility index (Phi) is 4.42. The summed E-state index contributed by atoms with van der Waals surface area (Å²) in [5.41, 5.74) is 13.5. The Labute approximate surface area is 135 Å². The zero-order chi connectivity index (χ0) is 16.8. The fourth-order valence-corrected chi connectivity index (χ4v) is 3.54. The van der Waals surface area contributed by atoms with Gasteiger partial charge in [0.25, 0.3) is 0 Å². The topological polar surface area (TPSA) is 16.8 Å². The van der Waals surface area contributed by atoms with Gasteiger partial charge < -0.3 is 0 Å². The number of aromatic nitrogens is 2. The van der Waals surface area contributed by atoms with Crippen LogP contribution in [0.15, 0.2) is 0 Å². The molecule has 0 N–H and O–H groups in total. The lowest BCUT2D eigenvalue weighted by Gasteiger charge is -2.19. The monoisotopic (exact) mass is 297 g/mol. The van der Waals surface area contributed by atoms with Gasteiger partial charge in [0.05, 0.1) is 5.56 Å². The average molecular weight is 297 g/mol. The third-order valence-electron chi connectivity index (χ3n) is 5.50. The molecule has 22 heavy (non-hydrogen) atoms. The zero-order valence-electron chi connectivity index (χ0n) is 15.6. The van der Waals surface area contributed by atoms with Gasteiger partial charge in [-0.3, -0.25) is 0 Å². The lowest BCUT2D eigenvalue weighted by atomic mass is 9.85. The van der Waals surface area contributed by atoms with Crippen LogP contribution in [0.3, 0.4) is 0 Å². The van der Waals surface area contributed by atoms with E-state index in [0.717, 1.165) is 12.1 Å². The fourth-order valence-electron chi connectivity index (χ4n) is 3.54. The van der Waals surface area contributed by atoms with E-state index < -0.39 is 0 Å². The van der Waals surface area contributed by atoms with E-state index in [0.29, 0.717) is 0 Å². The fraction of sp³-hybridized carbons (Fsp3) is 0.500. The summed E-state index contributed by atoms with van der Waals surface area (Å²) in [4.78, 5) is 0. The smallest absolute Gasteiger partial charge is 0.0859 e. The molecule has 0 amide bonds. The highest BCUT2D eigenvalue weighted by Gasteiger charge is 2.26. The second-order valence-corrected chi connectivity index (χ2v) is 6.51. The average Bonchev–Trinajstić information content (AvgIpc) is 2.48. The summed E-state index contributed by atoms with van der Waals surface area (Å²) in [5.74, 6) is 0. The number of hydrogen-bond acceptors (Lipinski definition) is 1. The highest BCUT2D eigenvalue weighted by molar-refractivity contribution is 5.73. The molecular weight excluding hydrogens is 268 g/mol. The largest absolute Gasteiger partial charge is 0.242 e. The van der Waals surface area contributed by atoms with Gasteiger partial charge in [-0.25, -0.2) is 0 Å².